The first-order valence-electron chi connectivity index (χ1n) is 3.36. The lowest BCUT2D eigenvalue weighted by atomic mass is 10.2. The molecule has 1 heterocycles. The fourth-order valence-electron chi connectivity index (χ4n) is 0.835. The molecule has 4 heteroatoms. The van der Waals surface area contributed by atoms with Gasteiger partial charge in [-0.1, -0.05) is 12.1 Å². The molecule has 1 rings (SSSR count). The normalized spacial score (nSPS) is 17.0. The van der Waals surface area contributed by atoms with Gasteiger partial charge in [0.05, 0.1) is 6.61 Å². The van der Waals surface area contributed by atoms with Crippen LogP contribution in [0.2, 0.25) is 0 Å². The Morgan fingerprint density at radius 3 is 2.64 bits per heavy atom. The number of rotatable bonds is 3. The minimum absolute atomic E-state index is 0.400. The van der Waals surface area contributed by atoms with Crippen molar-refractivity contribution in [3.63, 3.8) is 0 Å². The molecule has 1 aromatic heterocycles. The summed E-state index contributed by atoms with van der Waals surface area (Å²) in [7, 11) is 0.435. The summed E-state index contributed by atoms with van der Waals surface area (Å²) in [5.41, 5.74) is 0. The maximum atomic E-state index is 9.31. The second kappa shape index (κ2) is 3.88. The van der Waals surface area contributed by atoms with E-state index < -0.39 is 18.8 Å². The standard InChI is InChI=1S/C7H11O3P/c8-4-5(9)7(10)6-2-1-3-11-6/h1-3,5,7-11H,4H2. The van der Waals surface area contributed by atoms with Crippen LogP contribution in [-0.4, -0.2) is 28.0 Å². The molecule has 62 valence electrons. The van der Waals surface area contributed by atoms with Crippen LogP contribution in [0.1, 0.15) is 11.4 Å². The van der Waals surface area contributed by atoms with Gasteiger partial charge in [0.2, 0.25) is 0 Å². The zero-order chi connectivity index (χ0) is 8.27. The van der Waals surface area contributed by atoms with Gasteiger partial charge in [-0.2, -0.15) is 0 Å². The molecule has 1 aromatic rings. The highest BCUT2D eigenvalue weighted by atomic mass is 31.0. The van der Waals surface area contributed by atoms with E-state index in [1.165, 1.54) is 0 Å². The smallest absolute Gasteiger partial charge is 0.110 e. The Bertz CT molecular complexity index is 197. The third kappa shape index (κ3) is 2.04. The zero-order valence-corrected chi connectivity index (χ0v) is 6.94. The molecule has 11 heavy (non-hydrogen) atoms. The molecule has 0 spiro atoms. The predicted octanol–water partition coefficient (Wildman–Crippen LogP) is 0.105. The summed E-state index contributed by atoms with van der Waals surface area (Å²) in [4.78, 5) is 0. The molecule has 3 nitrogen and oxygen atoms in total. The second-order valence-electron chi connectivity index (χ2n) is 2.32. The molecule has 3 unspecified atom stereocenters. The maximum Gasteiger partial charge on any atom is 0.110 e. The van der Waals surface area contributed by atoms with E-state index in [0.29, 0.717) is 8.19 Å². The number of aliphatic hydroxyl groups is 3. The number of hydrogen-bond donors (Lipinski definition) is 3. The topological polar surface area (TPSA) is 60.7 Å². The van der Waals surface area contributed by atoms with E-state index in [9.17, 15) is 5.11 Å². The van der Waals surface area contributed by atoms with Crippen LogP contribution in [0.15, 0.2) is 17.9 Å². The van der Waals surface area contributed by atoms with Crippen LogP contribution < -0.4 is 0 Å². The highest BCUT2D eigenvalue weighted by molar-refractivity contribution is 7.30. The molecule has 0 aliphatic heterocycles. The molecule has 0 fully saturated rings. The van der Waals surface area contributed by atoms with Gasteiger partial charge in [-0.15, -0.1) is 8.19 Å². The lowest BCUT2D eigenvalue weighted by molar-refractivity contribution is -0.0134. The molecule has 0 aliphatic carbocycles. The fourth-order valence-corrected chi connectivity index (χ4v) is 1.78. The van der Waals surface area contributed by atoms with E-state index >= 15 is 0 Å². The first-order chi connectivity index (χ1) is 5.25. The van der Waals surface area contributed by atoms with Crippen molar-refractivity contribution in [2.45, 2.75) is 12.2 Å². The molecule has 0 saturated carbocycles. The quantitative estimate of drug-likeness (QED) is 0.609. The van der Waals surface area contributed by atoms with Crippen molar-refractivity contribution >= 4 is 8.19 Å². The fraction of sp³-hybridized carbons (Fsp3) is 0.429. The minimum atomic E-state index is -1.05. The molecular formula is C7H11O3P. The van der Waals surface area contributed by atoms with Gasteiger partial charge in [-0.3, -0.25) is 0 Å². The van der Waals surface area contributed by atoms with Gasteiger partial charge >= 0.3 is 0 Å². The first-order valence-corrected chi connectivity index (χ1v) is 4.43. The zero-order valence-electron chi connectivity index (χ0n) is 5.94. The van der Waals surface area contributed by atoms with E-state index in [1.807, 2.05) is 11.9 Å². The summed E-state index contributed by atoms with van der Waals surface area (Å²) in [6.07, 6.45) is -1.96. The van der Waals surface area contributed by atoms with Crippen LogP contribution in [-0.2, 0) is 0 Å². The Kier molecular flexibility index (Phi) is 3.09. The number of aliphatic hydroxyl groups excluding tert-OH is 3. The van der Waals surface area contributed by atoms with E-state index in [4.69, 9.17) is 10.2 Å². The SMILES string of the molecule is OCC(O)C(O)c1ccc[pH]1. The van der Waals surface area contributed by atoms with Crippen molar-refractivity contribution in [3.05, 3.63) is 23.2 Å². The molecule has 0 aromatic carbocycles. The van der Waals surface area contributed by atoms with Crippen molar-refractivity contribution in [2.75, 3.05) is 6.61 Å². The van der Waals surface area contributed by atoms with E-state index in [0.717, 1.165) is 5.30 Å². The predicted molar refractivity (Wildman–Crippen MR) is 44.0 cm³/mol. The van der Waals surface area contributed by atoms with Gasteiger partial charge in [-0.25, -0.2) is 0 Å². The monoisotopic (exact) mass is 174 g/mol. The Balaban J connectivity index is 2.62. The summed E-state index contributed by atoms with van der Waals surface area (Å²) in [5.74, 6) is 1.92. The van der Waals surface area contributed by atoms with Crippen LogP contribution in [0.4, 0.5) is 0 Å². The van der Waals surface area contributed by atoms with Crippen molar-refractivity contribution in [3.8, 4) is 0 Å². The van der Waals surface area contributed by atoms with Crippen LogP contribution in [0.5, 0.6) is 0 Å². The lowest BCUT2D eigenvalue weighted by Crippen LogP contribution is -2.20. The molecule has 0 radical (unpaired) electrons. The van der Waals surface area contributed by atoms with Gasteiger partial charge in [0, 0.05) is 0 Å². The highest BCUT2D eigenvalue weighted by Crippen LogP contribution is 2.25. The second-order valence-corrected chi connectivity index (χ2v) is 3.52. The average Bonchev–Trinajstić information content (AvgIpc) is 2.53. The Hall–Kier alpha value is -0.340. The average molecular weight is 174 g/mol. The van der Waals surface area contributed by atoms with Gasteiger partial charge in [0.1, 0.15) is 12.2 Å². The summed E-state index contributed by atoms with van der Waals surface area (Å²) in [6.45, 7) is -0.400. The molecule has 0 bridgehead atoms. The van der Waals surface area contributed by atoms with Gasteiger partial charge in [-0.05, 0) is 11.1 Å². The lowest BCUT2D eigenvalue weighted by Gasteiger charge is -2.13. The van der Waals surface area contributed by atoms with Gasteiger partial charge in [0.25, 0.3) is 0 Å². The van der Waals surface area contributed by atoms with Crippen LogP contribution in [0, 0.1) is 0 Å². The third-order valence-electron chi connectivity index (χ3n) is 1.49. The first kappa shape index (κ1) is 8.75. The van der Waals surface area contributed by atoms with Crippen molar-refractivity contribution in [2.24, 2.45) is 0 Å². The highest BCUT2D eigenvalue weighted by Gasteiger charge is 2.16. The number of hydrogen-bond acceptors (Lipinski definition) is 3. The van der Waals surface area contributed by atoms with Crippen molar-refractivity contribution in [1.82, 2.24) is 0 Å². The summed E-state index contributed by atoms with van der Waals surface area (Å²) in [5, 5.41) is 27.6. The van der Waals surface area contributed by atoms with Gasteiger partial charge < -0.3 is 15.3 Å². The summed E-state index contributed by atoms with van der Waals surface area (Å²) < 4.78 is 0. The van der Waals surface area contributed by atoms with Crippen LogP contribution in [0.25, 0.3) is 0 Å². The molecule has 0 aliphatic rings. The molecule has 0 amide bonds. The molecule has 0 saturated heterocycles. The van der Waals surface area contributed by atoms with Crippen LogP contribution in [0.3, 0.4) is 0 Å². The minimum Gasteiger partial charge on any atom is -0.394 e. The summed E-state index contributed by atoms with van der Waals surface area (Å²) in [6, 6.07) is 3.60. The molecule has 3 N–H and O–H groups in total. The van der Waals surface area contributed by atoms with Crippen molar-refractivity contribution in [1.29, 1.82) is 0 Å². The van der Waals surface area contributed by atoms with E-state index in [-0.39, 0.29) is 0 Å². The Labute approximate surface area is 66.4 Å². The molecular weight excluding hydrogens is 163 g/mol. The molecule has 3 atom stereocenters. The van der Waals surface area contributed by atoms with E-state index in [1.54, 1.807) is 6.07 Å². The van der Waals surface area contributed by atoms with Crippen LogP contribution >= 0.6 is 8.19 Å². The largest absolute Gasteiger partial charge is 0.394 e. The Morgan fingerprint density at radius 1 is 1.45 bits per heavy atom. The maximum absolute atomic E-state index is 9.31. The van der Waals surface area contributed by atoms with E-state index in [2.05, 4.69) is 0 Å². The Morgan fingerprint density at radius 2 is 2.18 bits per heavy atom. The summed E-state index contributed by atoms with van der Waals surface area (Å²) >= 11 is 0. The third-order valence-corrected chi connectivity index (χ3v) is 2.65. The van der Waals surface area contributed by atoms with Gasteiger partial charge in [0.15, 0.2) is 0 Å². The van der Waals surface area contributed by atoms with Crippen molar-refractivity contribution < 1.29 is 15.3 Å².